The van der Waals surface area contributed by atoms with Gasteiger partial charge in [0.1, 0.15) is 0 Å². The normalized spacial score (nSPS) is 11.7. The monoisotopic (exact) mass is 340 g/mol. The summed E-state index contributed by atoms with van der Waals surface area (Å²) in [5, 5.41) is 8.03. The van der Waals surface area contributed by atoms with E-state index in [9.17, 15) is 9.59 Å². The van der Waals surface area contributed by atoms with Gasteiger partial charge in [0, 0.05) is 17.9 Å². The fraction of sp³-hybridized carbons (Fsp3) is 0.375. The SMILES string of the molecule is C=CCNC(=O)Nc1ccc(NC(=O)[C@@H](N)C(C)(C)C)cc1.Cl. The lowest BCUT2D eigenvalue weighted by Gasteiger charge is -2.25. The summed E-state index contributed by atoms with van der Waals surface area (Å²) >= 11 is 0. The number of nitrogens with one attached hydrogen (secondary N) is 3. The van der Waals surface area contributed by atoms with Crippen molar-refractivity contribution in [3.8, 4) is 0 Å². The maximum absolute atomic E-state index is 12.0. The zero-order chi connectivity index (χ0) is 16.8. The van der Waals surface area contributed by atoms with Crippen molar-refractivity contribution in [2.45, 2.75) is 26.8 Å². The van der Waals surface area contributed by atoms with Gasteiger partial charge in [-0.15, -0.1) is 19.0 Å². The minimum absolute atomic E-state index is 0. The molecule has 0 radical (unpaired) electrons. The second-order valence-electron chi connectivity index (χ2n) is 6.03. The molecule has 0 bridgehead atoms. The molecule has 0 saturated heterocycles. The Morgan fingerprint density at radius 2 is 1.65 bits per heavy atom. The Hall–Kier alpha value is -2.05. The standard InChI is InChI=1S/C16H24N4O2.ClH/c1-5-10-18-15(22)20-12-8-6-11(7-9-12)19-14(21)13(17)16(2,3)4;/h5-9,13H,1,10,17H2,2-4H3,(H,19,21)(H2,18,20,22);1H/t13-;/m1./s1. The number of rotatable bonds is 5. The van der Waals surface area contributed by atoms with Crippen molar-refractivity contribution in [1.29, 1.82) is 0 Å². The Bertz CT molecular complexity index is 538. The maximum Gasteiger partial charge on any atom is 0.319 e. The largest absolute Gasteiger partial charge is 0.334 e. The predicted octanol–water partition coefficient (Wildman–Crippen LogP) is 2.73. The van der Waals surface area contributed by atoms with E-state index in [1.165, 1.54) is 0 Å². The van der Waals surface area contributed by atoms with Gasteiger partial charge in [0.15, 0.2) is 0 Å². The topological polar surface area (TPSA) is 96.2 Å². The highest BCUT2D eigenvalue weighted by molar-refractivity contribution is 5.95. The van der Waals surface area contributed by atoms with E-state index in [1.807, 2.05) is 20.8 Å². The number of carbonyl (C=O) groups excluding carboxylic acids is 2. The van der Waals surface area contributed by atoms with Gasteiger partial charge in [-0.1, -0.05) is 26.8 Å². The molecule has 1 rings (SSSR count). The van der Waals surface area contributed by atoms with E-state index >= 15 is 0 Å². The average Bonchev–Trinajstić information content (AvgIpc) is 2.45. The third-order valence-corrected chi connectivity index (χ3v) is 3.03. The van der Waals surface area contributed by atoms with E-state index in [0.717, 1.165) is 0 Å². The van der Waals surface area contributed by atoms with E-state index in [1.54, 1.807) is 30.3 Å². The van der Waals surface area contributed by atoms with Gasteiger partial charge in [0.2, 0.25) is 5.91 Å². The van der Waals surface area contributed by atoms with Crippen LogP contribution in [0.1, 0.15) is 20.8 Å². The Morgan fingerprint density at radius 3 is 2.09 bits per heavy atom. The second-order valence-corrected chi connectivity index (χ2v) is 6.03. The summed E-state index contributed by atoms with van der Waals surface area (Å²) in [6.07, 6.45) is 1.59. The molecule has 1 aromatic carbocycles. The number of anilines is 2. The van der Waals surface area contributed by atoms with Gasteiger partial charge < -0.3 is 21.7 Å². The number of nitrogens with two attached hydrogens (primary N) is 1. The van der Waals surface area contributed by atoms with Crippen molar-refractivity contribution >= 4 is 35.7 Å². The van der Waals surface area contributed by atoms with Crippen molar-refractivity contribution in [3.63, 3.8) is 0 Å². The Labute approximate surface area is 143 Å². The van der Waals surface area contributed by atoms with Crippen LogP contribution in [0.2, 0.25) is 0 Å². The molecule has 0 aliphatic heterocycles. The molecule has 3 amide bonds. The molecular weight excluding hydrogens is 316 g/mol. The van der Waals surface area contributed by atoms with Crippen molar-refractivity contribution in [3.05, 3.63) is 36.9 Å². The van der Waals surface area contributed by atoms with Crippen LogP contribution in [0, 0.1) is 5.41 Å². The highest BCUT2D eigenvalue weighted by Gasteiger charge is 2.27. The molecule has 5 N–H and O–H groups in total. The average molecular weight is 341 g/mol. The molecule has 23 heavy (non-hydrogen) atoms. The molecule has 128 valence electrons. The third kappa shape index (κ3) is 7.17. The molecule has 0 spiro atoms. The molecule has 0 aliphatic rings. The number of halogens is 1. The van der Waals surface area contributed by atoms with E-state index in [-0.39, 0.29) is 29.8 Å². The van der Waals surface area contributed by atoms with Crippen molar-refractivity contribution < 1.29 is 9.59 Å². The molecule has 7 heteroatoms. The van der Waals surface area contributed by atoms with Gasteiger partial charge in [-0.2, -0.15) is 0 Å². The first-order valence-corrected chi connectivity index (χ1v) is 7.06. The lowest BCUT2D eigenvalue weighted by molar-refractivity contribution is -0.119. The van der Waals surface area contributed by atoms with Gasteiger partial charge in [0.05, 0.1) is 6.04 Å². The number of hydrogen-bond donors (Lipinski definition) is 4. The summed E-state index contributed by atoms with van der Waals surface area (Å²) in [5.41, 5.74) is 6.84. The number of benzene rings is 1. The van der Waals surface area contributed by atoms with E-state index < -0.39 is 6.04 Å². The van der Waals surface area contributed by atoms with Crippen LogP contribution < -0.4 is 21.7 Å². The van der Waals surface area contributed by atoms with Crippen LogP contribution in [0.5, 0.6) is 0 Å². The molecule has 0 fully saturated rings. The minimum atomic E-state index is -0.602. The van der Waals surface area contributed by atoms with Crippen LogP contribution in [-0.4, -0.2) is 24.5 Å². The quantitative estimate of drug-likeness (QED) is 0.620. The smallest absolute Gasteiger partial charge is 0.319 e. The van der Waals surface area contributed by atoms with Crippen LogP contribution >= 0.6 is 12.4 Å². The predicted molar refractivity (Wildman–Crippen MR) is 97.0 cm³/mol. The van der Waals surface area contributed by atoms with Crippen LogP contribution in [0.15, 0.2) is 36.9 Å². The summed E-state index contributed by atoms with van der Waals surface area (Å²) < 4.78 is 0. The van der Waals surface area contributed by atoms with E-state index in [4.69, 9.17) is 5.73 Å². The van der Waals surface area contributed by atoms with Crippen molar-refractivity contribution in [2.24, 2.45) is 11.1 Å². The second kappa shape index (κ2) is 9.17. The lowest BCUT2D eigenvalue weighted by Crippen LogP contribution is -2.45. The summed E-state index contributed by atoms with van der Waals surface area (Å²) in [4.78, 5) is 23.5. The van der Waals surface area contributed by atoms with E-state index in [2.05, 4.69) is 22.5 Å². The van der Waals surface area contributed by atoms with Crippen LogP contribution in [0.4, 0.5) is 16.2 Å². The molecule has 0 heterocycles. The summed E-state index contributed by atoms with van der Waals surface area (Å²) in [5.74, 6) is -0.239. The number of amides is 3. The van der Waals surface area contributed by atoms with Crippen molar-refractivity contribution in [1.82, 2.24) is 5.32 Å². The molecule has 1 aromatic rings. The highest BCUT2D eigenvalue weighted by Crippen LogP contribution is 2.19. The van der Waals surface area contributed by atoms with Gasteiger partial charge >= 0.3 is 6.03 Å². The van der Waals surface area contributed by atoms with Gasteiger partial charge in [-0.05, 0) is 29.7 Å². The number of urea groups is 1. The zero-order valence-corrected chi connectivity index (χ0v) is 14.5. The van der Waals surface area contributed by atoms with Crippen LogP contribution in [0.3, 0.4) is 0 Å². The van der Waals surface area contributed by atoms with Crippen LogP contribution in [-0.2, 0) is 4.79 Å². The number of hydrogen-bond acceptors (Lipinski definition) is 3. The summed E-state index contributed by atoms with van der Waals surface area (Å²) in [7, 11) is 0. The zero-order valence-electron chi connectivity index (χ0n) is 13.7. The number of carbonyl (C=O) groups is 2. The Kier molecular flexibility index (Phi) is 8.35. The van der Waals surface area contributed by atoms with E-state index in [0.29, 0.717) is 17.9 Å². The summed E-state index contributed by atoms with van der Waals surface area (Å²) in [6.45, 7) is 9.64. The van der Waals surface area contributed by atoms with Gasteiger partial charge in [-0.25, -0.2) is 4.79 Å². The molecule has 6 nitrogen and oxygen atoms in total. The molecule has 1 atom stereocenters. The lowest BCUT2D eigenvalue weighted by atomic mass is 9.87. The Morgan fingerprint density at radius 1 is 1.17 bits per heavy atom. The fourth-order valence-corrected chi connectivity index (χ4v) is 1.59. The minimum Gasteiger partial charge on any atom is -0.334 e. The molecule has 0 aliphatic carbocycles. The third-order valence-electron chi connectivity index (χ3n) is 3.03. The Balaban J connectivity index is 0.00000484. The molecule has 0 aromatic heterocycles. The molecule has 0 saturated carbocycles. The first-order chi connectivity index (χ1) is 10.2. The fourth-order valence-electron chi connectivity index (χ4n) is 1.59. The highest BCUT2D eigenvalue weighted by atomic mass is 35.5. The van der Waals surface area contributed by atoms with Gasteiger partial charge in [0.25, 0.3) is 0 Å². The first-order valence-electron chi connectivity index (χ1n) is 7.06. The van der Waals surface area contributed by atoms with Gasteiger partial charge in [-0.3, -0.25) is 4.79 Å². The summed E-state index contributed by atoms with van der Waals surface area (Å²) in [6, 6.07) is 5.89. The molecule has 0 unspecified atom stereocenters. The molecular formula is C16H25ClN4O2. The first kappa shape index (κ1) is 20.9. The van der Waals surface area contributed by atoms with Crippen LogP contribution in [0.25, 0.3) is 0 Å². The van der Waals surface area contributed by atoms with Crippen molar-refractivity contribution in [2.75, 3.05) is 17.2 Å². The maximum atomic E-state index is 12.0.